The van der Waals surface area contributed by atoms with E-state index in [9.17, 15) is 9.59 Å². The molecule has 1 atom stereocenters. The molecule has 0 bridgehead atoms. The zero-order valence-corrected chi connectivity index (χ0v) is 13.0. The largest absolute Gasteiger partial charge is 0.322 e. The van der Waals surface area contributed by atoms with Gasteiger partial charge < -0.3 is 10.2 Å². The van der Waals surface area contributed by atoms with E-state index in [-0.39, 0.29) is 23.7 Å². The van der Waals surface area contributed by atoms with Crippen LogP contribution in [0.2, 0.25) is 0 Å². The van der Waals surface area contributed by atoms with E-state index in [0.29, 0.717) is 5.70 Å². The Kier molecular flexibility index (Phi) is 4.46. The number of hydrogen-bond donors (Lipinski definition) is 1. The topological polar surface area (TPSA) is 49.4 Å². The molecule has 4 heteroatoms. The predicted octanol–water partition coefficient (Wildman–Crippen LogP) is 2.62. The first kappa shape index (κ1) is 15.3. The lowest BCUT2D eigenvalue weighted by Gasteiger charge is -2.36. The number of nitrogens with one attached hydrogen (secondary N) is 1. The maximum absolute atomic E-state index is 12.4. The Balaban J connectivity index is 2.43. The van der Waals surface area contributed by atoms with Crippen LogP contribution in [-0.2, 0) is 9.59 Å². The van der Waals surface area contributed by atoms with Gasteiger partial charge in [0.1, 0.15) is 6.04 Å². The Morgan fingerprint density at radius 2 is 1.76 bits per heavy atom. The molecule has 0 aromatic heterocycles. The van der Waals surface area contributed by atoms with E-state index in [0.717, 1.165) is 5.56 Å². The van der Waals surface area contributed by atoms with Gasteiger partial charge in [-0.05, 0) is 11.5 Å². The second-order valence-electron chi connectivity index (χ2n) is 5.99. The minimum absolute atomic E-state index is 0.0306. The first-order chi connectivity index (χ1) is 9.91. The lowest BCUT2D eigenvalue weighted by atomic mass is 9.97. The summed E-state index contributed by atoms with van der Waals surface area (Å²) < 4.78 is 0. The number of carbonyl (C=O) groups excluding carboxylic acids is 2. The van der Waals surface area contributed by atoms with Crippen LogP contribution in [0.25, 0.3) is 5.70 Å². The van der Waals surface area contributed by atoms with E-state index in [2.05, 4.69) is 5.32 Å². The van der Waals surface area contributed by atoms with Crippen molar-refractivity contribution in [1.29, 1.82) is 0 Å². The highest BCUT2D eigenvalue weighted by atomic mass is 16.2. The van der Waals surface area contributed by atoms with Crippen molar-refractivity contribution >= 4 is 17.5 Å². The van der Waals surface area contributed by atoms with Crippen LogP contribution in [0.3, 0.4) is 0 Å². The second kappa shape index (κ2) is 6.12. The smallest absolute Gasteiger partial charge is 0.247 e. The van der Waals surface area contributed by atoms with Crippen molar-refractivity contribution in [2.45, 2.75) is 33.7 Å². The van der Waals surface area contributed by atoms with E-state index in [4.69, 9.17) is 0 Å². The standard InChI is InChI=1S/C17H22N2O2/c1-11(2)15-16(20)18-14(13-8-6-5-7-9-13)10-19(15)17(21)12(3)4/h5-12,15H,1-4H3,(H,18,20)/t15-/m1/s1. The predicted molar refractivity (Wildman–Crippen MR) is 82.9 cm³/mol. The lowest BCUT2D eigenvalue weighted by molar-refractivity contribution is -0.141. The van der Waals surface area contributed by atoms with Crippen molar-refractivity contribution in [3.05, 3.63) is 42.1 Å². The van der Waals surface area contributed by atoms with Crippen LogP contribution in [0, 0.1) is 11.8 Å². The van der Waals surface area contributed by atoms with Crippen LogP contribution < -0.4 is 5.32 Å². The van der Waals surface area contributed by atoms with E-state index < -0.39 is 6.04 Å². The second-order valence-corrected chi connectivity index (χ2v) is 5.99. The quantitative estimate of drug-likeness (QED) is 0.928. The van der Waals surface area contributed by atoms with Gasteiger partial charge in [0, 0.05) is 12.1 Å². The Morgan fingerprint density at radius 1 is 1.14 bits per heavy atom. The highest BCUT2D eigenvalue weighted by Crippen LogP contribution is 2.24. The number of rotatable bonds is 3. The summed E-state index contributed by atoms with van der Waals surface area (Å²) >= 11 is 0. The molecule has 112 valence electrons. The summed E-state index contributed by atoms with van der Waals surface area (Å²) in [5.41, 5.74) is 1.57. The number of amides is 2. The molecule has 1 heterocycles. The lowest BCUT2D eigenvalue weighted by Crippen LogP contribution is -2.54. The van der Waals surface area contributed by atoms with Crippen molar-refractivity contribution in [3.63, 3.8) is 0 Å². The van der Waals surface area contributed by atoms with E-state index in [1.54, 1.807) is 11.1 Å². The maximum Gasteiger partial charge on any atom is 0.247 e. The molecule has 0 saturated heterocycles. The minimum atomic E-state index is -0.452. The third-order valence-corrected chi connectivity index (χ3v) is 3.56. The molecule has 0 unspecified atom stereocenters. The molecule has 1 aromatic carbocycles. The Bertz CT molecular complexity index is 561. The molecule has 1 N–H and O–H groups in total. The Morgan fingerprint density at radius 3 is 2.29 bits per heavy atom. The monoisotopic (exact) mass is 286 g/mol. The Labute approximate surface area is 125 Å². The van der Waals surface area contributed by atoms with Gasteiger partial charge in [0.05, 0.1) is 5.70 Å². The van der Waals surface area contributed by atoms with Crippen molar-refractivity contribution in [2.75, 3.05) is 0 Å². The molecule has 0 radical (unpaired) electrons. The van der Waals surface area contributed by atoms with Crippen molar-refractivity contribution in [2.24, 2.45) is 11.8 Å². The average molecular weight is 286 g/mol. The first-order valence-corrected chi connectivity index (χ1v) is 7.32. The van der Waals surface area contributed by atoms with Gasteiger partial charge >= 0.3 is 0 Å². The zero-order valence-electron chi connectivity index (χ0n) is 13.0. The van der Waals surface area contributed by atoms with Gasteiger partial charge in [0.15, 0.2) is 0 Å². The van der Waals surface area contributed by atoms with Gasteiger partial charge in [-0.15, -0.1) is 0 Å². The molecule has 2 amide bonds. The minimum Gasteiger partial charge on any atom is -0.322 e. The van der Waals surface area contributed by atoms with Crippen LogP contribution in [-0.4, -0.2) is 22.8 Å². The van der Waals surface area contributed by atoms with Gasteiger partial charge in [-0.1, -0.05) is 58.0 Å². The average Bonchev–Trinajstić information content (AvgIpc) is 2.45. The van der Waals surface area contributed by atoms with Crippen LogP contribution in [0.15, 0.2) is 36.5 Å². The van der Waals surface area contributed by atoms with Gasteiger partial charge in [-0.3, -0.25) is 9.59 Å². The molecule has 2 rings (SSSR count). The normalized spacial score (nSPS) is 18.8. The van der Waals surface area contributed by atoms with Crippen molar-refractivity contribution in [1.82, 2.24) is 10.2 Å². The molecule has 0 saturated carbocycles. The molecule has 0 aliphatic carbocycles. The number of benzene rings is 1. The molecular formula is C17H22N2O2. The fraction of sp³-hybridized carbons (Fsp3) is 0.412. The summed E-state index contributed by atoms with van der Waals surface area (Å²) in [4.78, 5) is 26.4. The van der Waals surface area contributed by atoms with Gasteiger partial charge in [-0.2, -0.15) is 0 Å². The van der Waals surface area contributed by atoms with Gasteiger partial charge in [0.25, 0.3) is 0 Å². The molecular weight excluding hydrogens is 264 g/mol. The first-order valence-electron chi connectivity index (χ1n) is 7.32. The fourth-order valence-corrected chi connectivity index (χ4v) is 2.47. The summed E-state index contributed by atoms with van der Waals surface area (Å²) in [5.74, 6) is -0.246. The molecule has 0 fully saturated rings. The highest BCUT2D eigenvalue weighted by molar-refractivity contribution is 5.97. The summed E-state index contributed by atoms with van der Waals surface area (Å²) in [6, 6.07) is 9.12. The van der Waals surface area contributed by atoms with Crippen LogP contribution in [0.1, 0.15) is 33.3 Å². The third-order valence-electron chi connectivity index (χ3n) is 3.56. The third kappa shape index (κ3) is 3.15. The van der Waals surface area contributed by atoms with E-state index >= 15 is 0 Å². The number of hydrogen-bond acceptors (Lipinski definition) is 2. The molecule has 0 spiro atoms. The van der Waals surface area contributed by atoms with Crippen molar-refractivity contribution in [3.8, 4) is 0 Å². The van der Waals surface area contributed by atoms with Crippen LogP contribution in [0.5, 0.6) is 0 Å². The van der Waals surface area contributed by atoms with Crippen LogP contribution >= 0.6 is 0 Å². The summed E-state index contributed by atoms with van der Waals surface area (Å²) in [6.07, 6.45) is 1.77. The Hall–Kier alpha value is -2.10. The molecule has 1 aliphatic rings. The number of nitrogens with zero attached hydrogens (tertiary/aromatic N) is 1. The SMILES string of the molecule is CC(C)C(=O)N1C=C(c2ccccc2)NC(=O)[C@H]1C(C)C. The maximum atomic E-state index is 12.4. The molecule has 1 aromatic rings. The van der Waals surface area contributed by atoms with Gasteiger partial charge in [-0.25, -0.2) is 0 Å². The van der Waals surface area contributed by atoms with Crippen LogP contribution in [0.4, 0.5) is 0 Å². The highest BCUT2D eigenvalue weighted by Gasteiger charge is 2.36. The van der Waals surface area contributed by atoms with Crippen molar-refractivity contribution < 1.29 is 9.59 Å². The molecule has 4 nitrogen and oxygen atoms in total. The van der Waals surface area contributed by atoms with E-state index in [1.807, 2.05) is 58.0 Å². The fourth-order valence-electron chi connectivity index (χ4n) is 2.47. The molecule has 1 aliphatic heterocycles. The zero-order chi connectivity index (χ0) is 15.6. The molecule has 21 heavy (non-hydrogen) atoms. The number of carbonyl (C=O) groups is 2. The summed E-state index contributed by atoms with van der Waals surface area (Å²) in [5, 5.41) is 2.92. The van der Waals surface area contributed by atoms with Gasteiger partial charge in [0.2, 0.25) is 11.8 Å². The van der Waals surface area contributed by atoms with E-state index in [1.165, 1.54) is 0 Å². The summed E-state index contributed by atoms with van der Waals surface area (Å²) in [7, 11) is 0. The summed E-state index contributed by atoms with van der Waals surface area (Å²) in [6.45, 7) is 7.60.